The molecule has 28 heavy (non-hydrogen) atoms. The average Bonchev–Trinajstić information content (AvgIpc) is 3.13. The maximum atomic E-state index is 12.6. The van der Waals surface area contributed by atoms with Crippen molar-refractivity contribution in [1.29, 1.82) is 0 Å². The fraction of sp³-hybridized carbons (Fsp3) is 0.500. The molecule has 0 saturated heterocycles. The first-order valence-corrected chi connectivity index (χ1v) is 11.3. The third-order valence-electron chi connectivity index (χ3n) is 5.51. The number of aromatic nitrogens is 2. The highest BCUT2D eigenvalue weighted by molar-refractivity contribution is 7.91. The topological polar surface area (TPSA) is 87.5 Å². The van der Waals surface area contributed by atoms with Crippen molar-refractivity contribution in [3.8, 4) is 11.8 Å². The molecule has 1 unspecified atom stereocenters. The van der Waals surface area contributed by atoms with E-state index in [0.29, 0.717) is 17.4 Å². The van der Waals surface area contributed by atoms with Crippen molar-refractivity contribution in [1.82, 2.24) is 9.55 Å². The van der Waals surface area contributed by atoms with Gasteiger partial charge >= 0.3 is 6.01 Å². The van der Waals surface area contributed by atoms with E-state index < -0.39 is 26.8 Å². The van der Waals surface area contributed by atoms with Crippen molar-refractivity contribution in [2.24, 2.45) is 0 Å². The third-order valence-corrected chi connectivity index (χ3v) is 7.00. The smallest absolute Gasteiger partial charge is 0.301 e. The summed E-state index contributed by atoms with van der Waals surface area (Å²) in [4.78, 5) is 15.2. The minimum atomic E-state index is -3.69. The van der Waals surface area contributed by atoms with Crippen molar-refractivity contribution in [3.05, 3.63) is 51.9 Å². The molecule has 0 N–H and O–H groups in total. The number of benzene rings is 1. The quantitative estimate of drug-likeness (QED) is 0.762. The molecule has 2 heterocycles. The van der Waals surface area contributed by atoms with E-state index in [0.717, 1.165) is 0 Å². The van der Waals surface area contributed by atoms with Gasteiger partial charge in [0.15, 0.2) is 5.94 Å². The molecule has 0 bridgehead atoms. The molecule has 2 aromatic rings. The highest BCUT2D eigenvalue weighted by Crippen LogP contribution is 2.33. The monoisotopic (exact) mass is 404 g/mol. The van der Waals surface area contributed by atoms with Crippen molar-refractivity contribution < 1.29 is 17.9 Å². The van der Waals surface area contributed by atoms with Crippen LogP contribution in [0.3, 0.4) is 0 Å². The predicted octanol–water partition coefficient (Wildman–Crippen LogP) is 2.77. The summed E-state index contributed by atoms with van der Waals surface area (Å²) >= 11 is 0. The number of ether oxygens (including phenoxy) is 2. The van der Waals surface area contributed by atoms with Crippen molar-refractivity contribution in [3.63, 3.8) is 0 Å². The van der Waals surface area contributed by atoms with Crippen LogP contribution in [0.25, 0.3) is 0 Å². The number of sulfone groups is 1. The SMILES string of the molecule is Cc1cc(=O)nc2n1CC(S(=O)(=O)COc1ccc(C3CCCCC3)cc1)O2. The molecule has 0 radical (unpaired) electrons. The lowest BCUT2D eigenvalue weighted by Gasteiger charge is -2.22. The van der Waals surface area contributed by atoms with Crippen LogP contribution >= 0.6 is 0 Å². The second-order valence-electron chi connectivity index (χ2n) is 7.51. The van der Waals surface area contributed by atoms with E-state index in [1.54, 1.807) is 11.5 Å². The van der Waals surface area contributed by atoms with Gasteiger partial charge in [0, 0.05) is 11.8 Å². The van der Waals surface area contributed by atoms with Gasteiger partial charge in [0.2, 0.25) is 15.3 Å². The van der Waals surface area contributed by atoms with Gasteiger partial charge in [-0.05, 0) is 43.4 Å². The number of hydrogen-bond acceptors (Lipinski definition) is 6. The van der Waals surface area contributed by atoms with E-state index >= 15 is 0 Å². The first-order chi connectivity index (χ1) is 13.4. The Morgan fingerprint density at radius 2 is 1.89 bits per heavy atom. The van der Waals surface area contributed by atoms with Crippen LogP contribution < -0.4 is 15.0 Å². The van der Waals surface area contributed by atoms with E-state index in [-0.39, 0.29) is 12.6 Å². The molecule has 1 saturated carbocycles. The maximum absolute atomic E-state index is 12.6. The Bertz CT molecular complexity index is 1010. The lowest BCUT2D eigenvalue weighted by atomic mass is 9.84. The highest BCUT2D eigenvalue weighted by atomic mass is 32.2. The standard InChI is InChI=1S/C20H24N2O5S/c1-14-11-18(23)21-20-22(14)12-19(27-20)28(24,25)13-26-17-9-7-16(8-10-17)15-5-3-2-4-6-15/h7-11,15,19H,2-6,12-13H2,1H3. The summed E-state index contributed by atoms with van der Waals surface area (Å²) in [7, 11) is -3.69. The fourth-order valence-electron chi connectivity index (χ4n) is 3.90. The summed E-state index contributed by atoms with van der Waals surface area (Å²) < 4.78 is 37.7. The first kappa shape index (κ1) is 19.0. The van der Waals surface area contributed by atoms with Gasteiger partial charge < -0.3 is 9.47 Å². The highest BCUT2D eigenvalue weighted by Gasteiger charge is 2.36. The molecule has 0 spiro atoms. The van der Waals surface area contributed by atoms with E-state index in [2.05, 4.69) is 4.98 Å². The van der Waals surface area contributed by atoms with Gasteiger partial charge in [-0.25, -0.2) is 8.42 Å². The molecule has 1 aliphatic heterocycles. The van der Waals surface area contributed by atoms with Gasteiger partial charge in [0.05, 0.1) is 6.54 Å². The summed E-state index contributed by atoms with van der Waals surface area (Å²) in [6, 6.07) is 9.10. The zero-order valence-electron chi connectivity index (χ0n) is 15.8. The van der Waals surface area contributed by atoms with Crippen LogP contribution in [-0.2, 0) is 16.4 Å². The Kier molecular flexibility index (Phi) is 5.14. The van der Waals surface area contributed by atoms with Gasteiger partial charge in [-0.1, -0.05) is 31.4 Å². The third kappa shape index (κ3) is 3.92. The fourth-order valence-corrected chi connectivity index (χ4v) is 4.96. The summed E-state index contributed by atoms with van der Waals surface area (Å²) in [6.45, 7) is 1.82. The molecule has 8 heteroatoms. The second kappa shape index (κ2) is 7.58. The van der Waals surface area contributed by atoms with Crippen LogP contribution in [0.15, 0.2) is 35.1 Å². The Morgan fingerprint density at radius 3 is 2.61 bits per heavy atom. The number of nitrogens with zero attached hydrogens (tertiary/aromatic N) is 2. The Labute approximate surface area is 164 Å². The van der Waals surface area contributed by atoms with Crippen LogP contribution in [0.5, 0.6) is 11.8 Å². The minimum Gasteiger partial charge on any atom is -0.478 e. The number of fused-ring (bicyclic) bond motifs is 1. The van der Waals surface area contributed by atoms with E-state index in [1.165, 1.54) is 43.7 Å². The van der Waals surface area contributed by atoms with E-state index in [4.69, 9.17) is 9.47 Å². The van der Waals surface area contributed by atoms with Crippen molar-refractivity contribution >= 4 is 9.84 Å². The normalized spacial score (nSPS) is 19.8. The Hall–Kier alpha value is -2.35. The molecular formula is C20H24N2O5S. The molecule has 1 atom stereocenters. The van der Waals surface area contributed by atoms with E-state index in [9.17, 15) is 13.2 Å². The summed E-state index contributed by atoms with van der Waals surface area (Å²) in [5.41, 5.74) is 0.348. The maximum Gasteiger partial charge on any atom is 0.301 e. The van der Waals surface area contributed by atoms with Crippen LogP contribution in [0.4, 0.5) is 0 Å². The molecule has 1 aromatic carbocycles. The van der Waals surface area contributed by atoms with Gasteiger partial charge in [0.1, 0.15) is 5.75 Å². The minimum absolute atomic E-state index is 0.0374. The average molecular weight is 404 g/mol. The number of hydrogen-bond donors (Lipinski definition) is 0. The molecule has 1 aromatic heterocycles. The van der Waals surface area contributed by atoms with Gasteiger partial charge in [-0.2, -0.15) is 4.98 Å². The molecule has 1 aliphatic carbocycles. The predicted molar refractivity (Wildman–Crippen MR) is 104 cm³/mol. The summed E-state index contributed by atoms with van der Waals surface area (Å²) in [5, 5.41) is 0. The Balaban J connectivity index is 1.39. The van der Waals surface area contributed by atoms with E-state index in [1.807, 2.05) is 24.3 Å². The van der Waals surface area contributed by atoms with Crippen molar-refractivity contribution in [2.45, 2.75) is 56.9 Å². The second-order valence-corrected chi connectivity index (χ2v) is 9.59. The number of rotatable bonds is 5. The van der Waals surface area contributed by atoms with Gasteiger partial charge in [0.25, 0.3) is 5.56 Å². The first-order valence-electron chi connectivity index (χ1n) is 9.62. The molecule has 1 fully saturated rings. The van der Waals surface area contributed by atoms with Crippen LogP contribution in [0, 0.1) is 6.92 Å². The van der Waals surface area contributed by atoms with Gasteiger partial charge in [-0.15, -0.1) is 0 Å². The van der Waals surface area contributed by atoms with Crippen LogP contribution in [-0.4, -0.2) is 29.3 Å². The molecule has 150 valence electrons. The summed E-state index contributed by atoms with van der Waals surface area (Å²) in [6.07, 6.45) is 6.27. The molecule has 4 rings (SSSR count). The van der Waals surface area contributed by atoms with Crippen LogP contribution in [0.1, 0.15) is 49.3 Å². The zero-order valence-corrected chi connectivity index (χ0v) is 16.7. The Morgan fingerprint density at radius 1 is 1.18 bits per heavy atom. The zero-order chi connectivity index (χ0) is 19.7. The van der Waals surface area contributed by atoms with Crippen molar-refractivity contribution in [2.75, 3.05) is 5.94 Å². The summed E-state index contributed by atoms with van der Waals surface area (Å²) in [5.74, 6) is 0.621. The largest absolute Gasteiger partial charge is 0.478 e. The molecule has 2 aliphatic rings. The molecule has 7 nitrogen and oxygen atoms in total. The number of aryl methyl sites for hydroxylation is 1. The van der Waals surface area contributed by atoms with Crippen LogP contribution in [0.2, 0.25) is 0 Å². The molecule has 0 amide bonds. The lowest BCUT2D eigenvalue weighted by Crippen LogP contribution is -2.30. The van der Waals surface area contributed by atoms with Gasteiger partial charge in [-0.3, -0.25) is 9.36 Å². The molecular weight excluding hydrogens is 380 g/mol. The lowest BCUT2D eigenvalue weighted by molar-refractivity contribution is 0.285.